The first kappa shape index (κ1) is 9.01. The minimum atomic E-state index is -0.617. The van der Waals surface area contributed by atoms with E-state index in [4.69, 9.17) is 23.2 Å². The summed E-state index contributed by atoms with van der Waals surface area (Å²) in [5.74, 6) is 0.558. The minimum Gasteiger partial charge on any atom is -0.0987 e. The Hall–Kier alpha value is 1.01. The van der Waals surface area contributed by atoms with Crippen LogP contribution in [0.2, 0.25) is 0 Å². The molecule has 0 amide bonds. The number of alkyl halides is 2. The van der Waals surface area contributed by atoms with Gasteiger partial charge in [-0.3, -0.25) is 0 Å². The molecule has 3 heteroatoms. The largest absolute Gasteiger partial charge is 0.131 e. The second-order valence-electron chi connectivity index (χ2n) is 2.36. The second-order valence-corrected chi connectivity index (χ2v) is 5.62. The smallest absolute Gasteiger partial charge is 0.0987 e. The van der Waals surface area contributed by atoms with Gasteiger partial charge in [0.1, 0.15) is 4.07 Å². The molecule has 0 heterocycles. The van der Waals surface area contributed by atoms with Gasteiger partial charge in [0, 0.05) is 0 Å². The summed E-state index contributed by atoms with van der Waals surface area (Å²) in [5.41, 5.74) is 0. The fourth-order valence-corrected chi connectivity index (χ4v) is 1.63. The van der Waals surface area contributed by atoms with Crippen LogP contribution < -0.4 is 0 Å². The molecule has 8 heavy (non-hydrogen) atoms. The third-order valence-electron chi connectivity index (χ3n) is 0.680. The van der Waals surface area contributed by atoms with E-state index in [1.54, 1.807) is 0 Å². The minimum absolute atomic E-state index is 0.558. The molecule has 0 radical (unpaired) electrons. The molecule has 0 saturated carbocycles. The fraction of sp³-hybridized carbons (Fsp3) is 1.00. The van der Waals surface area contributed by atoms with Gasteiger partial charge in [-0.2, -0.15) is 0 Å². The molecular weight excluding hydrogens is 162 g/mol. The SMILES string of the molecule is CC(C)CC(P)(Cl)Cl. The van der Waals surface area contributed by atoms with Crippen LogP contribution in [0.4, 0.5) is 0 Å². The molecule has 0 nitrogen and oxygen atoms in total. The maximum absolute atomic E-state index is 5.66. The lowest BCUT2D eigenvalue weighted by molar-refractivity contribution is 0.600. The highest BCUT2D eigenvalue weighted by molar-refractivity contribution is 7.27. The predicted molar refractivity (Wildman–Crippen MR) is 43.6 cm³/mol. The lowest BCUT2D eigenvalue weighted by atomic mass is 10.2. The van der Waals surface area contributed by atoms with Gasteiger partial charge in [-0.05, 0) is 12.3 Å². The van der Waals surface area contributed by atoms with Gasteiger partial charge in [-0.25, -0.2) is 0 Å². The zero-order chi connectivity index (χ0) is 6.78. The van der Waals surface area contributed by atoms with Crippen molar-refractivity contribution in [2.75, 3.05) is 0 Å². The van der Waals surface area contributed by atoms with E-state index in [0.717, 1.165) is 6.42 Å². The molecule has 0 bridgehead atoms. The van der Waals surface area contributed by atoms with Gasteiger partial charge in [0.15, 0.2) is 0 Å². The highest BCUT2D eigenvalue weighted by Crippen LogP contribution is 2.35. The normalized spacial score (nSPS) is 12.8. The Labute approximate surface area is 63.1 Å². The van der Waals surface area contributed by atoms with Crippen molar-refractivity contribution >= 4 is 32.4 Å². The molecule has 0 saturated heterocycles. The molecule has 0 aliphatic carbocycles. The Morgan fingerprint density at radius 1 is 1.50 bits per heavy atom. The summed E-state index contributed by atoms with van der Waals surface area (Å²) < 4.78 is -0.617. The van der Waals surface area contributed by atoms with Gasteiger partial charge in [-0.1, -0.05) is 46.3 Å². The molecule has 0 aliphatic rings. The third kappa shape index (κ3) is 7.01. The summed E-state index contributed by atoms with van der Waals surface area (Å²) in [7, 11) is 2.39. The number of hydrogen-bond donors (Lipinski definition) is 0. The van der Waals surface area contributed by atoms with Gasteiger partial charge in [-0.15, -0.1) is 0 Å². The molecule has 0 aromatic carbocycles. The number of halogens is 2. The van der Waals surface area contributed by atoms with E-state index in [9.17, 15) is 0 Å². The van der Waals surface area contributed by atoms with E-state index in [2.05, 4.69) is 23.1 Å². The van der Waals surface area contributed by atoms with Crippen LogP contribution >= 0.6 is 32.4 Å². The van der Waals surface area contributed by atoms with E-state index in [0.29, 0.717) is 5.92 Å². The van der Waals surface area contributed by atoms with Gasteiger partial charge >= 0.3 is 0 Å². The Balaban J connectivity index is 3.39. The van der Waals surface area contributed by atoms with Crippen LogP contribution in [0.15, 0.2) is 0 Å². The molecule has 0 spiro atoms. The Kier molecular flexibility index (Phi) is 3.66. The topological polar surface area (TPSA) is 0 Å². The molecule has 1 atom stereocenters. The molecule has 0 N–H and O–H groups in total. The summed E-state index contributed by atoms with van der Waals surface area (Å²) in [6, 6.07) is 0. The first-order valence-electron chi connectivity index (χ1n) is 2.58. The standard InChI is InChI=1S/C5H11Cl2P/c1-4(2)3-5(6,7)8/h4H,3,8H2,1-2H3. The zero-order valence-electron chi connectivity index (χ0n) is 5.12. The van der Waals surface area contributed by atoms with Crippen LogP contribution in [0.5, 0.6) is 0 Å². The van der Waals surface area contributed by atoms with Crippen LogP contribution in [0.25, 0.3) is 0 Å². The second kappa shape index (κ2) is 3.25. The van der Waals surface area contributed by atoms with E-state index >= 15 is 0 Å². The van der Waals surface area contributed by atoms with Crippen molar-refractivity contribution in [2.24, 2.45) is 5.92 Å². The summed E-state index contributed by atoms with van der Waals surface area (Å²) in [5, 5.41) is 0. The Bertz CT molecular complexity index is 65.3. The molecule has 0 fully saturated rings. The van der Waals surface area contributed by atoms with Crippen molar-refractivity contribution in [1.82, 2.24) is 0 Å². The maximum Gasteiger partial charge on any atom is 0.131 e. The van der Waals surface area contributed by atoms with Crippen LogP contribution in [-0.4, -0.2) is 4.07 Å². The Morgan fingerprint density at radius 3 is 1.88 bits per heavy atom. The summed E-state index contributed by atoms with van der Waals surface area (Å²) in [6.45, 7) is 4.17. The quantitative estimate of drug-likeness (QED) is 0.444. The molecule has 0 aromatic rings. The van der Waals surface area contributed by atoms with Crippen LogP contribution in [0.1, 0.15) is 20.3 Å². The third-order valence-corrected chi connectivity index (χ3v) is 1.22. The van der Waals surface area contributed by atoms with E-state index in [1.165, 1.54) is 0 Å². The lowest BCUT2D eigenvalue weighted by Crippen LogP contribution is -2.04. The highest BCUT2D eigenvalue weighted by Gasteiger charge is 2.17. The summed E-state index contributed by atoms with van der Waals surface area (Å²) in [4.78, 5) is 0. The summed E-state index contributed by atoms with van der Waals surface area (Å²) >= 11 is 11.3. The van der Waals surface area contributed by atoms with Crippen molar-refractivity contribution in [3.63, 3.8) is 0 Å². The first-order chi connectivity index (χ1) is 3.42. The predicted octanol–water partition coefficient (Wildman–Crippen LogP) is 3.04. The van der Waals surface area contributed by atoms with Crippen LogP contribution in [0, 0.1) is 5.92 Å². The lowest BCUT2D eigenvalue weighted by Gasteiger charge is -2.14. The summed E-state index contributed by atoms with van der Waals surface area (Å²) in [6.07, 6.45) is 0.820. The molecule has 0 rings (SSSR count). The van der Waals surface area contributed by atoms with Gasteiger partial charge in [0.05, 0.1) is 0 Å². The average Bonchev–Trinajstić information content (AvgIpc) is 1.21. The van der Waals surface area contributed by atoms with Crippen LogP contribution in [0.3, 0.4) is 0 Å². The van der Waals surface area contributed by atoms with Crippen LogP contribution in [-0.2, 0) is 0 Å². The fourth-order valence-electron chi connectivity index (χ4n) is 0.544. The van der Waals surface area contributed by atoms with Crippen molar-refractivity contribution < 1.29 is 0 Å². The first-order valence-corrected chi connectivity index (χ1v) is 3.92. The number of rotatable bonds is 2. The highest BCUT2D eigenvalue weighted by atomic mass is 35.5. The van der Waals surface area contributed by atoms with E-state index in [1.807, 2.05) is 0 Å². The van der Waals surface area contributed by atoms with Crippen molar-refractivity contribution in [3.8, 4) is 0 Å². The van der Waals surface area contributed by atoms with Gasteiger partial charge in [0.25, 0.3) is 0 Å². The molecule has 0 aliphatic heterocycles. The number of hydrogen-bond acceptors (Lipinski definition) is 0. The van der Waals surface area contributed by atoms with Crippen molar-refractivity contribution in [2.45, 2.75) is 24.3 Å². The molecule has 50 valence electrons. The van der Waals surface area contributed by atoms with Crippen molar-refractivity contribution in [1.29, 1.82) is 0 Å². The van der Waals surface area contributed by atoms with Gasteiger partial charge in [0.2, 0.25) is 0 Å². The molecular formula is C5H11Cl2P. The monoisotopic (exact) mass is 172 g/mol. The molecule has 1 unspecified atom stereocenters. The van der Waals surface area contributed by atoms with E-state index < -0.39 is 4.07 Å². The molecule has 0 aromatic heterocycles. The van der Waals surface area contributed by atoms with E-state index in [-0.39, 0.29) is 0 Å². The maximum atomic E-state index is 5.66. The Morgan fingerprint density at radius 2 is 1.88 bits per heavy atom. The zero-order valence-corrected chi connectivity index (χ0v) is 7.78. The average molecular weight is 173 g/mol. The van der Waals surface area contributed by atoms with Gasteiger partial charge < -0.3 is 0 Å². The van der Waals surface area contributed by atoms with Crippen molar-refractivity contribution in [3.05, 3.63) is 0 Å².